The van der Waals surface area contributed by atoms with E-state index >= 15 is 0 Å². The van der Waals surface area contributed by atoms with E-state index in [4.69, 9.17) is 0 Å². The van der Waals surface area contributed by atoms with Crippen molar-refractivity contribution in [2.24, 2.45) is 0 Å². The molecule has 0 amide bonds. The molecule has 1 rings (SSSR count). The van der Waals surface area contributed by atoms with Crippen molar-refractivity contribution in [3.05, 3.63) is 29.8 Å². The van der Waals surface area contributed by atoms with Gasteiger partial charge in [0.25, 0.3) is 0 Å². The van der Waals surface area contributed by atoms with Crippen molar-refractivity contribution in [2.75, 3.05) is 0 Å². The maximum atomic E-state index is 14.1. The van der Waals surface area contributed by atoms with Crippen molar-refractivity contribution in [1.82, 2.24) is 4.98 Å². The van der Waals surface area contributed by atoms with Gasteiger partial charge < -0.3 is 0 Å². The fourth-order valence-electron chi connectivity index (χ4n) is 3.20. The molecular weight excluding hydrogens is 368 g/mol. The summed E-state index contributed by atoms with van der Waals surface area (Å²) in [4.78, 5) is 4.36. The van der Waals surface area contributed by atoms with E-state index in [1.165, 1.54) is 51.8 Å². The Hall–Kier alpha value is -0.121. The molecule has 1 aromatic rings. The Kier molecular flexibility index (Phi) is 9.53. The first-order chi connectivity index (χ1) is 10.2. The summed E-state index contributed by atoms with van der Waals surface area (Å²) < 4.78 is 19.3. The van der Waals surface area contributed by atoms with Gasteiger partial charge in [-0.15, -0.1) is 0 Å². The van der Waals surface area contributed by atoms with Crippen molar-refractivity contribution in [3.63, 3.8) is 0 Å². The molecule has 1 heterocycles. The van der Waals surface area contributed by atoms with Crippen LogP contribution in [-0.4, -0.2) is 23.4 Å². The number of aromatic nitrogens is 1. The average Bonchev–Trinajstić information content (AvgIpc) is 2.51. The summed E-state index contributed by atoms with van der Waals surface area (Å²) >= 11 is -2.29. The quantitative estimate of drug-likeness (QED) is 0.406. The Balaban J connectivity index is 2.92. The Morgan fingerprint density at radius 3 is 1.90 bits per heavy atom. The molecule has 0 radical (unpaired) electrons. The zero-order chi connectivity index (χ0) is 15.6. The number of rotatable bonds is 11. The van der Waals surface area contributed by atoms with Crippen LogP contribution in [0.25, 0.3) is 0 Å². The molecule has 0 saturated heterocycles. The standard InChI is InChI=1S/C6H5FN.3C4H9.Sn/c1-5-6(7)3-2-4-8-5;3*1-3-4-2;/h2-4H,1H2;3*1,3-4H2,2H3;. The molecule has 0 atom stereocenters. The monoisotopic (exact) mass is 401 g/mol. The van der Waals surface area contributed by atoms with Crippen LogP contribution >= 0.6 is 0 Å². The van der Waals surface area contributed by atoms with Gasteiger partial charge in [-0.2, -0.15) is 0 Å². The van der Waals surface area contributed by atoms with E-state index < -0.39 is 18.4 Å². The zero-order valence-corrected chi connectivity index (χ0v) is 17.0. The molecule has 1 nitrogen and oxygen atoms in total. The van der Waals surface area contributed by atoms with Crippen molar-refractivity contribution in [2.45, 2.75) is 77.0 Å². The minimum atomic E-state index is -2.29. The van der Waals surface area contributed by atoms with E-state index in [2.05, 4.69) is 25.8 Å². The van der Waals surface area contributed by atoms with Crippen LogP contribution in [0.2, 0.25) is 13.3 Å². The second kappa shape index (κ2) is 10.6. The SMILES string of the molecule is CCC[CH2][Sn]([CH2]CCC)([CH2]CCC)[CH2]c1ncccc1F. The van der Waals surface area contributed by atoms with Gasteiger partial charge in [0.1, 0.15) is 0 Å². The van der Waals surface area contributed by atoms with Crippen molar-refractivity contribution in [3.8, 4) is 0 Å². The van der Waals surface area contributed by atoms with Gasteiger partial charge in [0, 0.05) is 0 Å². The average molecular weight is 400 g/mol. The fraction of sp³-hybridized carbons (Fsp3) is 0.722. The van der Waals surface area contributed by atoms with Crippen LogP contribution in [0, 0.1) is 5.82 Å². The molecule has 3 heteroatoms. The molecule has 0 N–H and O–H groups in total. The second-order valence-electron chi connectivity index (χ2n) is 6.42. The Bertz CT molecular complexity index is 373. The number of nitrogens with zero attached hydrogens (tertiary/aromatic N) is 1. The number of hydrogen-bond acceptors (Lipinski definition) is 1. The van der Waals surface area contributed by atoms with Gasteiger partial charge in [-0.1, -0.05) is 0 Å². The van der Waals surface area contributed by atoms with Crippen LogP contribution < -0.4 is 0 Å². The van der Waals surface area contributed by atoms with Gasteiger partial charge in [-0.3, -0.25) is 0 Å². The van der Waals surface area contributed by atoms with Crippen LogP contribution in [0.4, 0.5) is 4.39 Å². The van der Waals surface area contributed by atoms with Crippen LogP contribution in [0.1, 0.15) is 65.0 Å². The Morgan fingerprint density at radius 2 is 1.48 bits per heavy atom. The minimum absolute atomic E-state index is 0.0805. The van der Waals surface area contributed by atoms with Crippen LogP contribution in [0.3, 0.4) is 0 Å². The van der Waals surface area contributed by atoms with E-state index in [-0.39, 0.29) is 5.82 Å². The van der Waals surface area contributed by atoms with Gasteiger partial charge in [0.2, 0.25) is 0 Å². The van der Waals surface area contributed by atoms with Gasteiger partial charge in [0.15, 0.2) is 0 Å². The van der Waals surface area contributed by atoms with Gasteiger partial charge >= 0.3 is 135 Å². The molecule has 0 aliphatic heterocycles. The molecule has 0 bridgehead atoms. The summed E-state index contributed by atoms with van der Waals surface area (Å²) in [5.74, 6) is -0.0805. The molecule has 0 saturated carbocycles. The Morgan fingerprint density at radius 1 is 0.952 bits per heavy atom. The number of unbranched alkanes of at least 4 members (excludes halogenated alkanes) is 3. The molecule has 0 aliphatic rings. The molecule has 120 valence electrons. The van der Waals surface area contributed by atoms with E-state index in [0.29, 0.717) is 0 Å². The van der Waals surface area contributed by atoms with Crippen LogP contribution in [0.5, 0.6) is 0 Å². The van der Waals surface area contributed by atoms with Crippen LogP contribution in [-0.2, 0) is 4.44 Å². The number of halogens is 1. The second-order valence-corrected chi connectivity index (χ2v) is 20.3. The summed E-state index contributed by atoms with van der Waals surface area (Å²) in [6.45, 7) is 6.83. The third-order valence-electron chi connectivity index (χ3n) is 4.56. The first-order valence-electron chi connectivity index (χ1n) is 8.77. The van der Waals surface area contributed by atoms with E-state index in [1.807, 2.05) is 0 Å². The number of hydrogen-bond donors (Lipinski definition) is 0. The first-order valence-corrected chi connectivity index (χ1v) is 16.8. The third kappa shape index (κ3) is 6.66. The summed E-state index contributed by atoms with van der Waals surface area (Å²) in [7, 11) is 0. The van der Waals surface area contributed by atoms with E-state index in [0.717, 1.165) is 10.1 Å². The Labute approximate surface area is 134 Å². The molecule has 0 spiro atoms. The summed E-state index contributed by atoms with van der Waals surface area (Å²) in [6.07, 6.45) is 9.55. The zero-order valence-electron chi connectivity index (χ0n) is 14.1. The van der Waals surface area contributed by atoms with E-state index in [9.17, 15) is 4.39 Å². The molecule has 1 aromatic heterocycles. The molecular formula is C18H32FNSn. The predicted octanol–water partition coefficient (Wildman–Crippen LogP) is 6.15. The summed E-state index contributed by atoms with van der Waals surface area (Å²) in [5.41, 5.74) is 0.761. The fourth-order valence-corrected chi connectivity index (χ4v) is 19.1. The molecule has 0 fully saturated rings. The normalized spacial score (nSPS) is 11.8. The van der Waals surface area contributed by atoms with Crippen molar-refractivity contribution >= 4 is 18.4 Å². The van der Waals surface area contributed by atoms with Gasteiger partial charge in [0.05, 0.1) is 0 Å². The van der Waals surface area contributed by atoms with Crippen molar-refractivity contribution < 1.29 is 4.39 Å². The first kappa shape index (κ1) is 18.9. The summed E-state index contributed by atoms with van der Waals surface area (Å²) in [5, 5.41) is 0. The molecule has 0 aliphatic carbocycles. The predicted molar refractivity (Wildman–Crippen MR) is 92.8 cm³/mol. The van der Waals surface area contributed by atoms with E-state index in [1.54, 1.807) is 18.3 Å². The number of pyridine rings is 1. The topological polar surface area (TPSA) is 12.9 Å². The van der Waals surface area contributed by atoms with Gasteiger partial charge in [-0.05, 0) is 0 Å². The molecule has 0 aromatic carbocycles. The summed E-state index contributed by atoms with van der Waals surface area (Å²) in [6, 6.07) is 3.29. The van der Waals surface area contributed by atoms with Crippen LogP contribution in [0.15, 0.2) is 18.3 Å². The molecule has 21 heavy (non-hydrogen) atoms. The molecule has 0 unspecified atom stereocenters. The van der Waals surface area contributed by atoms with Gasteiger partial charge in [-0.25, -0.2) is 0 Å². The third-order valence-corrected chi connectivity index (χ3v) is 19.8. The maximum absolute atomic E-state index is 14.1. The van der Waals surface area contributed by atoms with Crippen molar-refractivity contribution in [1.29, 1.82) is 0 Å².